The van der Waals surface area contributed by atoms with Gasteiger partial charge in [-0.25, -0.2) is 0 Å². The molecule has 0 radical (unpaired) electrons. The fourth-order valence-electron chi connectivity index (χ4n) is 0.686. The number of ketones is 1. The summed E-state index contributed by atoms with van der Waals surface area (Å²) in [6.07, 6.45) is 2.80. The lowest BCUT2D eigenvalue weighted by molar-refractivity contribution is 0.102. The van der Waals surface area contributed by atoms with Crippen molar-refractivity contribution in [3.63, 3.8) is 0 Å². The largest absolute Gasteiger partial charge is 0.293 e. The van der Waals surface area contributed by atoms with Gasteiger partial charge in [-0.15, -0.1) is 0 Å². The van der Waals surface area contributed by atoms with Crippen molar-refractivity contribution in [3.8, 4) is 0 Å². The minimum Gasteiger partial charge on any atom is -0.293 e. The van der Waals surface area contributed by atoms with Crippen molar-refractivity contribution < 1.29 is 4.79 Å². The number of rotatable bonds is 2. The maximum absolute atomic E-state index is 11.2. The first kappa shape index (κ1) is 9.96. The van der Waals surface area contributed by atoms with E-state index in [-0.39, 0.29) is 16.1 Å². The van der Waals surface area contributed by atoms with Crippen LogP contribution >= 0.6 is 39.1 Å². The average Bonchev–Trinajstić information content (AvgIpc) is 2.08. The Morgan fingerprint density at radius 1 is 1.50 bits per heavy atom. The van der Waals surface area contributed by atoms with E-state index in [1.807, 2.05) is 0 Å². The Morgan fingerprint density at radius 2 is 2.17 bits per heavy atom. The molecular formula is C7H4BrCl2NO. The van der Waals surface area contributed by atoms with Crippen molar-refractivity contribution in [2.75, 3.05) is 5.33 Å². The first-order chi connectivity index (χ1) is 5.66. The van der Waals surface area contributed by atoms with E-state index in [9.17, 15) is 4.79 Å². The van der Waals surface area contributed by atoms with E-state index in [0.29, 0.717) is 10.6 Å². The lowest BCUT2D eigenvalue weighted by atomic mass is 10.2. The summed E-state index contributed by atoms with van der Waals surface area (Å²) in [5.74, 6) is -0.130. The Bertz CT molecular complexity index is 316. The van der Waals surface area contributed by atoms with Crippen molar-refractivity contribution in [2.24, 2.45) is 0 Å². The monoisotopic (exact) mass is 267 g/mol. The van der Waals surface area contributed by atoms with Crippen LogP contribution in [0.4, 0.5) is 0 Å². The third kappa shape index (κ3) is 1.97. The second kappa shape index (κ2) is 4.21. The average molecular weight is 269 g/mol. The van der Waals surface area contributed by atoms with Crippen molar-refractivity contribution in [2.45, 2.75) is 0 Å². The van der Waals surface area contributed by atoms with Crippen LogP contribution in [0.25, 0.3) is 0 Å². The number of carbonyl (C=O) groups is 1. The van der Waals surface area contributed by atoms with Gasteiger partial charge in [0.25, 0.3) is 0 Å². The molecule has 0 amide bonds. The molecule has 0 fully saturated rings. The van der Waals surface area contributed by atoms with Crippen LogP contribution in [0, 0.1) is 0 Å². The van der Waals surface area contributed by atoms with E-state index in [2.05, 4.69) is 20.9 Å². The zero-order valence-corrected chi connectivity index (χ0v) is 8.95. The second-order valence-corrected chi connectivity index (χ2v) is 3.39. The highest BCUT2D eigenvalue weighted by atomic mass is 79.9. The molecule has 0 saturated heterocycles. The molecule has 0 atom stereocenters. The van der Waals surface area contributed by atoms with Crippen LogP contribution in [-0.2, 0) is 0 Å². The van der Waals surface area contributed by atoms with Crippen LogP contribution in [-0.4, -0.2) is 16.1 Å². The number of halogens is 3. The molecular weight excluding hydrogens is 265 g/mol. The van der Waals surface area contributed by atoms with Gasteiger partial charge in [0.05, 0.1) is 20.9 Å². The molecule has 5 heteroatoms. The number of hydrogen-bond donors (Lipinski definition) is 0. The van der Waals surface area contributed by atoms with Crippen molar-refractivity contribution >= 4 is 44.9 Å². The van der Waals surface area contributed by atoms with Crippen molar-refractivity contribution in [3.05, 3.63) is 28.0 Å². The fourth-order valence-corrected chi connectivity index (χ4v) is 1.35. The van der Waals surface area contributed by atoms with Gasteiger partial charge < -0.3 is 0 Å². The van der Waals surface area contributed by atoms with E-state index >= 15 is 0 Å². The normalized spacial score (nSPS) is 9.92. The highest BCUT2D eigenvalue weighted by Gasteiger charge is 2.11. The Morgan fingerprint density at radius 3 is 2.75 bits per heavy atom. The standard InChI is InChI=1S/C7H4BrCl2NO/c8-1-6(12)4-2-11-3-5(9)7(4)10/h2-3H,1H2. The lowest BCUT2D eigenvalue weighted by Crippen LogP contribution is -2.01. The second-order valence-electron chi connectivity index (χ2n) is 2.04. The summed E-state index contributed by atoms with van der Waals surface area (Å²) in [6.45, 7) is 0. The van der Waals surface area contributed by atoms with Gasteiger partial charge in [-0.05, 0) is 0 Å². The number of carbonyl (C=O) groups excluding carboxylic acids is 1. The van der Waals surface area contributed by atoms with Gasteiger partial charge >= 0.3 is 0 Å². The van der Waals surface area contributed by atoms with Crippen LogP contribution < -0.4 is 0 Å². The molecule has 1 aromatic heterocycles. The van der Waals surface area contributed by atoms with E-state index in [0.717, 1.165) is 0 Å². The molecule has 0 aromatic carbocycles. The van der Waals surface area contributed by atoms with Crippen LogP contribution in [0.1, 0.15) is 10.4 Å². The first-order valence-corrected chi connectivity index (χ1v) is 4.92. The maximum Gasteiger partial charge on any atom is 0.176 e. The summed E-state index contributed by atoms with van der Waals surface area (Å²) in [7, 11) is 0. The number of nitrogens with zero attached hydrogens (tertiary/aromatic N) is 1. The smallest absolute Gasteiger partial charge is 0.176 e. The first-order valence-electron chi connectivity index (χ1n) is 3.05. The number of aromatic nitrogens is 1. The van der Waals surface area contributed by atoms with E-state index in [4.69, 9.17) is 23.2 Å². The third-order valence-corrected chi connectivity index (χ3v) is 2.56. The van der Waals surface area contributed by atoms with Gasteiger partial charge in [-0.3, -0.25) is 9.78 Å². The summed E-state index contributed by atoms with van der Waals surface area (Å²) in [6, 6.07) is 0. The molecule has 0 aliphatic carbocycles. The van der Waals surface area contributed by atoms with Crippen LogP contribution in [0.2, 0.25) is 10.0 Å². The Balaban J connectivity index is 3.16. The van der Waals surface area contributed by atoms with E-state index in [1.165, 1.54) is 12.4 Å². The molecule has 0 bridgehead atoms. The number of hydrogen-bond acceptors (Lipinski definition) is 2. The quantitative estimate of drug-likeness (QED) is 0.610. The Labute approximate surface area is 88.0 Å². The number of pyridine rings is 1. The van der Waals surface area contributed by atoms with E-state index < -0.39 is 0 Å². The molecule has 1 rings (SSSR count). The molecule has 0 unspecified atom stereocenters. The molecule has 0 spiro atoms. The third-order valence-electron chi connectivity index (χ3n) is 1.26. The maximum atomic E-state index is 11.2. The highest BCUT2D eigenvalue weighted by molar-refractivity contribution is 9.09. The molecule has 0 N–H and O–H groups in total. The van der Waals surface area contributed by atoms with Gasteiger partial charge in [-0.2, -0.15) is 0 Å². The Kier molecular flexibility index (Phi) is 3.50. The minimum atomic E-state index is -0.130. The van der Waals surface area contributed by atoms with E-state index in [1.54, 1.807) is 0 Å². The minimum absolute atomic E-state index is 0.130. The number of alkyl halides is 1. The molecule has 64 valence electrons. The topological polar surface area (TPSA) is 30.0 Å². The number of Topliss-reactive ketones (excluding diaryl/α,β-unsaturated/α-hetero) is 1. The van der Waals surface area contributed by atoms with Gasteiger partial charge in [0.15, 0.2) is 5.78 Å². The van der Waals surface area contributed by atoms with Gasteiger partial charge in [0.2, 0.25) is 0 Å². The summed E-state index contributed by atoms with van der Waals surface area (Å²) < 4.78 is 0. The summed E-state index contributed by atoms with van der Waals surface area (Å²) in [5.41, 5.74) is 0.348. The van der Waals surface area contributed by atoms with Gasteiger partial charge in [-0.1, -0.05) is 39.1 Å². The molecule has 0 aliphatic rings. The van der Waals surface area contributed by atoms with Crippen molar-refractivity contribution in [1.82, 2.24) is 4.98 Å². The predicted octanol–water partition coefficient (Wildman–Crippen LogP) is 2.97. The molecule has 2 nitrogen and oxygen atoms in total. The predicted molar refractivity (Wildman–Crippen MR) is 52.4 cm³/mol. The van der Waals surface area contributed by atoms with Gasteiger partial charge in [0, 0.05) is 12.4 Å². The highest BCUT2D eigenvalue weighted by Crippen LogP contribution is 2.24. The summed E-state index contributed by atoms with van der Waals surface area (Å²) in [4.78, 5) is 14.9. The van der Waals surface area contributed by atoms with Crippen LogP contribution in [0.15, 0.2) is 12.4 Å². The molecule has 1 aromatic rings. The Hall–Kier alpha value is -0.120. The lowest BCUT2D eigenvalue weighted by Gasteiger charge is -2.00. The summed E-state index contributed by atoms with van der Waals surface area (Å²) >= 11 is 14.4. The molecule has 1 heterocycles. The molecule has 12 heavy (non-hydrogen) atoms. The van der Waals surface area contributed by atoms with Gasteiger partial charge in [0.1, 0.15) is 0 Å². The SMILES string of the molecule is O=C(CBr)c1cncc(Cl)c1Cl. The zero-order valence-electron chi connectivity index (χ0n) is 5.85. The molecule has 0 saturated carbocycles. The van der Waals surface area contributed by atoms with Crippen LogP contribution in [0.5, 0.6) is 0 Å². The van der Waals surface area contributed by atoms with Crippen molar-refractivity contribution in [1.29, 1.82) is 0 Å². The molecule has 0 aliphatic heterocycles. The van der Waals surface area contributed by atoms with Crippen LogP contribution in [0.3, 0.4) is 0 Å². The zero-order chi connectivity index (χ0) is 9.14. The summed E-state index contributed by atoms with van der Waals surface area (Å²) in [5, 5.41) is 0.772. The fraction of sp³-hybridized carbons (Fsp3) is 0.143.